The lowest BCUT2D eigenvalue weighted by Gasteiger charge is -2.12. The summed E-state index contributed by atoms with van der Waals surface area (Å²) in [6.07, 6.45) is -4.41. The number of nitrogens with zero attached hydrogens (tertiary/aromatic N) is 2. The fourth-order valence-corrected chi connectivity index (χ4v) is 2.08. The molecule has 0 saturated carbocycles. The van der Waals surface area contributed by atoms with Gasteiger partial charge in [-0.25, -0.2) is 4.68 Å². The Morgan fingerprint density at radius 1 is 1.25 bits per heavy atom. The molecule has 4 nitrogen and oxygen atoms in total. The highest BCUT2D eigenvalue weighted by atomic mass is 19.4. The molecule has 0 saturated heterocycles. The van der Waals surface area contributed by atoms with Crippen LogP contribution in [0.3, 0.4) is 0 Å². The van der Waals surface area contributed by atoms with E-state index in [0.717, 1.165) is 4.68 Å². The second kappa shape index (κ2) is 5.16. The SMILES string of the molecule is Cc1nn(-c2ccc(O)cc2)c(C(F)(F)F)c1CCN. The van der Waals surface area contributed by atoms with Crippen LogP contribution in [0, 0.1) is 6.92 Å². The van der Waals surface area contributed by atoms with E-state index in [-0.39, 0.29) is 30.0 Å². The van der Waals surface area contributed by atoms with Crippen LogP contribution < -0.4 is 5.73 Å². The summed E-state index contributed by atoms with van der Waals surface area (Å²) >= 11 is 0. The largest absolute Gasteiger partial charge is 0.508 e. The molecular weight excluding hydrogens is 271 g/mol. The van der Waals surface area contributed by atoms with Gasteiger partial charge in [0.2, 0.25) is 0 Å². The molecule has 0 bridgehead atoms. The third kappa shape index (κ3) is 2.62. The van der Waals surface area contributed by atoms with E-state index < -0.39 is 11.9 Å². The smallest absolute Gasteiger partial charge is 0.433 e. The van der Waals surface area contributed by atoms with Gasteiger partial charge in [0.15, 0.2) is 5.69 Å². The van der Waals surface area contributed by atoms with Crippen LogP contribution in [0.4, 0.5) is 13.2 Å². The average Bonchev–Trinajstić information content (AvgIpc) is 2.68. The van der Waals surface area contributed by atoms with E-state index in [4.69, 9.17) is 5.73 Å². The van der Waals surface area contributed by atoms with Crippen LogP contribution in [0.5, 0.6) is 5.75 Å². The highest BCUT2D eigenvalue weighted by Gasteiger charge is 2.39. The van der Waals surface area contributed by atoms with Crippen molar-refractivity contribution in [2.75, 3.05) is 6.54 Å². The Kier molecular flexibility index (Phi) is 3.71. The quantitative estimate of drug-likeness (QED) is 0.910. The maximum Gasteiger partial charge on any atom is 0.433 e. The molecule has 2 rings (SSSR count). The van der Waals surface area contributed by atoms with Gasteiger partial charge >= 0.3 is 6.18 Å². The topological polar surface area (TPSA) is 64.1 Å². The van der Waals surface area contributed by atoms with Crippen LogP contribution in [-0.2, 0) is 12.6 Å². The summed E-state index contributed by atoms with van der Waals surface area (Å²) in [5.41, 5.74) is 5.20. The number of hydrogen-bond acceptors (Lipinski definition) is 3. The zero-order valence-corrected chi connectivity index (χ0v) is 10.8. The summed E-state index contributed by atoms with van der Waals surface area (Å²) in [6.45, 7) is 1.64. The van der Waals surface area contributed by atoms with E-state index in [2.05, 4.69) is 5.10 Å². The molecular formula is C13H14F3N3O. The molecule has 1 aromatic carbocycles. The van der Waals surface area contributed by atoms with Crippen LogP contribution in [0.25, 0.3) is 5.69 Å². The van der Waals surface area contributed by atoms with Crippen molar-refractivity contribution in [1.82, 2.24) is 9.78 Å². The first-order chi connectivity index (χ1) is 9.34. The number of phenolic OH excluding ortho intramolecular Hbond substituents is 1. The van der Waals surface area contributed by atoms with Gasteiger partial charge in [-0.2, -0.15) is 18.3 Å². The second-order valence-corrected chi connectivity index (χ2v) is 4.38. The third-order valence-corrected chi connectivity index (χ3v) is 2.94. The van der Waals surface area contributed by atoms with Crippen molar-refractivity contribution in [2.45, 2.75) is 19.5 Å². The van der Waals surface area contributed by atoms with Gasteiger partial charge in [0.25, 0.3) is 0 Å². The summed E-state index contributed by atoms with van der Waals surface area (Å²) in [5, 5.41) is 13.2. The van der Waals surface area contributed by atoms with Crippen LogP contribution in [0.15, 0.2) is 24.3 Å². The highest BCUT2D eigenvalue weighted by Crippen LogP contribution is 2.35. The van der Waals surface area contributed by atoms with Crippen molar-refractivity contribution in [3.05, 3.63) is 41.2 Å². The molecule has 0 aliphatic rings. The minimum atomic E-state index is -4.52. The van der Waals surface area contributed by atoms with Crippen molar-refractivity contribution < 1.29 is 18.3 Å². The lowest BCUT2D eigenvalue weighted by atomic mass is 10.1. The maximum atomic E-state index is 13.3. The molecule has 2 aromatic rings. The van der Waals surface area contributed by atoms with Gasteiger partial charge in [-0.1, -0.05) is 0 Å². The standard InChI is InChI=1S/C13H14F3N3O/c1-8-11(6-7-17)12(13(14,15)16)19(18-8)9-2-4-10(20)5-3-9/h2-5,20H,6-7,17H2,1H3. The minimum Gasteiger partial charge on any atom is -0.508 e. The average molecular weight is 285 g/mol. The predicted molar refractivity (Wildman–Crippen MR) is 67.7 cm³/mol. The minimum absolute atomic E-state index is 0.0200. The normalized spacial score (nSPS) is 11.8. The summed E-state index contributed by atoms with van der Waals surface area (Å²) in [4.78, 5) is 0. The number of aromatic hydroxyl groups is 1. The van der Waals surface area contributed by atoms with Gasteiger partial charge < -0.3 is 10.8 Å². The lowest BCUT2D eigenvalue weighted by molar-refractivity contribution is -0.143. The summed E-state index contributed by atoms with van der Waals surface area (Å²) in [7, 11) is 0. The number of alkyl halides is 3. The molecule has 1 heterocycles. The number of nitrogens with two attached hydrogens (primary N) is 1. The molecule has 0 spiro atoms. The van der Waals surface area contributed by atoms with Crippen molar-refractivity contribution in [1.29, 1.82) is 0 Å². The molecule has 0 radical (unpaired) electrons. The molecule has 0 unspecified atom stereocenters. The van der Waals surface area contributed by atoms with Gasteiger partial charge in [-0.3, -0.25) is 0 Å². The number of halogens is 3. The first-order valence-corrected chi connectivity index (χ1v) is 5.99. The summed E-state index contributed by atoms with van der Waals surface area (Å²) in [6, 6.07) is 5.39. The van der Waals surface area contributed by atoms with Crippen molar-refractivity contribution >= 4 is 0 Å². The number of phenols is 1. The van der Waals surface area contributed by atoms with E-state index in [1.165, 1.54) is 31.2 Å². The molecule has 0 amide bonds. The maximum absolute atomic E-state index is 13.3. The van der Waals surface area contributed by atoms with E-state index in [9.17, 15) is 18.3 Å². The van der Waals surface area contributed by atoms with Crippen molar-refractivity contribution in [2.24, 2.45) is 5.73 Å². The summed E-state index contributed by atoms with van der Waals surface area (Å²) in [5.74, 6) is -0.0200. The first-order valence-electron chi connectivity index (χ1n) is 5.99. The lowest BCUT2D eigenvalue weighted by Crippen LogP contribution is -2.17. The van der Waals surface area contributed by atoms with E-state index in [1.807, 2.05) is 0 Å². The van der Waals surface area contributed by atoms with E-state index in [1.54, 1.807) is 0 Å². The van der Waals surface area contributed by atoms with Gasteiger partial charge in [0, 0.05) is 5.56 Å². The first kappa shape index (κ1) is 14.4. The van der Waals surface area contributed by atoms with Crippen LogP contribution >= 0.6 is 0 Å². The molecule has 0 fully saturated rings. The van der Waals surface area contributed by atoms with Gasteiger partial charge in [0.1, 0.15) is 5.75 Å². The van der Waals surface area contributed by atoms with Crippen molar-refractivity contribution in [3.63, 3.8) is 0 Å². The third-order valence-electron chi connectivity index (χ3n) is 2.94. The predicted octanol–water partition coefficient (Wildman–Crippen LogP) is 2.41. The molecule has 108 valence electrons. The highest BCUT2D eigenvalue weighted by molar-refractivity contribution is 5.41. The fourth-order valence-electron chi connectivity index (χ4n) is 2.08. The second-order valence-electron chi connectivity index (χ2n) is 4.38. The Balaban J connectivity index is 2.64. The van der Waals surface area contributed by atoms with Gasteiger partial charge in [-0.15, -0.1) is 0 Å². The molecule has 0 atom stereocenters. The number of rotatable bonds is 3. The molecule has 7 heteroatoms. The van der Waals surface area contributed by atoms with Crippen molar-refractivity contribution in [3.8, 4) is 11.4 Å². The Bertz CT molecular complexity index is 603. The Hall–Kier alpha value is -2.02. The van der Waals surface area contributed by atoms with Crippen LogP contribution in [-0.4, -0.2) is 21.4 Å². The van der Waals surface area contributed by atoms with Gasteiger partial charge in [-0.05, 0) is 44.2 Å². The van der Waals surface area contributed by atoms with E-state index in [0.29, 0.717) is 5.69 Å². The number of benzene rings is 1. The molecule has 20 heavy (non-hydrogen) atoms. The van der Waals surface area contributed by atoms with Crippen LogP contribution in [0.2, 0.25) is 0 Å². The van der Waals surface area contributed by atoms with Crippen LogP contribution in [0.1, 0.15) is 17.0 Å². The Morgan fingerprint density at radius 2 is 1.85 bits per heavy atom. The molecule has 0 aliphatic carbocycles. The summed E-state index contributed by atoms with van der Waals surface area (Å²) < 4.78 is 40.6. The van der Waals surface area contributed by atoms with E-state index >= 15 is 0 Å². The zero-order chi connectivity index (χ0) is 14.9. The zero-order valence-electron chi connectivity index (χ0n) is 10.8. The Morgan fingerprint density at radius 3 is 2.35 bits per heavy atom. The Labute approximate surface area is 113 Å². The number of hydrogen-bond donors (Lipinski definition) is 2. The fraction of sp³-hybridized carbons (Fsp3) is 0.308. The number of aryl methyl sites for hydroxylation is 1. The number of aromatic nitrogens is 2. The van der Waals surface area contributed by atoms with Gasteiger partial charge in [0.05, 0.1) is 11.4 Å². The molecule has 0 aliphatic heterocycles. The monoisotopic (exact) mass is 285 g/mol. The molecule has 3 N–H and O–H groups in total. The molecule has 1 aromatic heterocycles.